The quantitative estimate of drug-likeness (QED) is 0.407. The fourth-order valence-electron chi connectivity index (χ4n) is 3.14. The second-order valence-corrected chi connectivity index (χ2v) is 9.51. The predicted octanol–water partition coefficient (Wildman–Crippen LogP) is 4.32. The number of aryl methyl sites for hydroxylation is 1. The number of aromatic amines is 1. The van der Waals surface area contributed by atoms with E-state index in [1.807, 2.05) is 0 Å². The van der Waals surface area contributed by atoms with Crippen LogP contribution in [-0.2, 0) is 20.6 Å². The molecule has 0 spiro atoms. The average molecular weight is 492 g/mol. The molecule has 0 unspecified atom stereocenters. The van der Waals surface area contributed by atoms with Crippen molar-refractivity contribution < 1.29 is 13.2 Å². The van der Waals surface area contributed by atoms with Gasteiger partial charge in [0.05, 0.1) is 10.8 Å². The van der Waals surface area contributed by atoms with Crippen LogP contribution in [0.15, 0.2) is 59.9 Å². The highest BCUT2D eigenvalue weighted by atomic mass is 35.5. The zero-order valence-corrected chi connectivity index (χ0v) is 19.2. The molecule has 0 radical (unpaired) electrons. The smallest absolute Gasteiger partial charge is 0.273 e. The molecule has 3 N–H and O–H groups in total. The number of amides is 1. The van der Waals surface area contributed by atoms with Gasteiger partial charge in [0.1, 0.15) is 5.69 Å². The maximum absolute atomic E-state index is 12.8. The Hall–Kier alpha value is -3.07. The highest BCUT2D eigenvalue weighted by Crippen LogP contribution is 2.38. The molecular weight excluding hydrogens is 473 g/mol. The van der Waals surface area contributed by atoms with E-state index in [4.69, 9.17) is 23.2 Å². The number of anilines is 1. The minimum absolute atomic E-state index is 0.141. The van der Waals surface area contributed by atoms with Crippen molar-refractivity contribution in [1.82, 2.24) is 10.3 Å². The average Bonchev–Trinajstić information content (AvgIpc) is 2.72. The Morgan fingerprint density at radius 1 is 1.12 bits per heavy atom. The Balaban J connectivity index is 2.14. The van der Waals surface area contributed by atoms with Crippen LogP contribution in [0, 0.1) is 6.92 Å². The van der Waals surface area contributed by atoms with Crippen LogP contribution in [0.3, 0.4) is 0 Å². The second-order valence-electron chi connectivity index (χ2n) is 6.97. The zero-order valence-electron chi connectivity index (χ0n) is 16.9. The first-order valence-corrected chi connectivity index (χ1v) is 11.7. The van der Waals surface area contributed by atoms with Gasteiger partial charge in [-0.25, -0.2) is 8.42 Å². The maximum Gasteiger partial charge on any atom is 0.273 e. The molecule has 3 rings (SSSR count). The number of benzene rings is 2. The van der Waals surface area contributed by atoms with Crippen LogP contribution >= 0.6 is 23.2 Å². The number of sulfonamides is 1. The Labute approximate surface area is 195 Å². The molecule has 10 heteroatoms. The summed E-state index contributed by atoms with van der Waals surface area (Å²) < 4.78 is 28.0. The molecule has 0 saturated heterocycles. The van der Waals surface area contributed by atoms with Gasteiger partial charge in [-0.2, -0.15) is 0 Å². The molecule has 0 aliphatic heterocycles. The monoisotopic (exact) mass is 491 g/mol. The number of nitrogens with one attached hydrogen (secondary N) is 3. The highest BCUT2D eigenvalue weighted by molar-refractivity contribution is 7.91. The lowest BCUT2D eigenvalue weighted by atomic mass is 10.0. The molecule has 32 heavy (non-hydrogen) atoms. The molecule has 0 bridgehead atoms. The van der Waals surface area contributed by atoms with Gasteiger partial charge in [-0.05, 0) is 30.7 Å². The highest BCUT2D eigenvalue weighted by Gasteiger charge is 2.21. The largest absolute Gasteiger partial charge is 0.329 e. The normalized spacial score (nSPS) is 11.1. The summed E-state index contributed by atoms with van der Waals surface area (Å²) in [6, 6.07) is 13.2. The van der Waals surface area contributed by atoms with Crippen molar-refractivity contribution in [3.8, 4) is 11.1 Å². The number of halogens is 2. The van der Waals surface area contributed by atoms with E-state index in [0.29, 0.717) is 28.8 Å². The van der Waals surface area contributed by atoms with Gasteiger partial charge in [-0.3, -0.25) is 14.3 Å². The molecule has 1 amide bonds. The number of hydrogen-bond donors (Lipinski definition) is 3. The SMILES string of the molecule is C=C(NC=O)c1cc(Cl)cc(-c2cc(C)[nH]c(=O)c2NS(=O)(=O)Cc2ccccc2)c1Cl. The third-order valence-corrected chi connectivity index (χ3v) is 6.36. The van der Waals surface area contributed by atoms with Gasteiger partial charge in [0, 0.05) is 33.1 Å². The van der Waals surface area contributed by atoms with Gasteiger partial charge in [0.2, 0.25) is 16.4 Å². The molecule has 7 nitrogen and oxygen atoms in total. The van der Waals surface area contributed by atoms with Crippen molar-refractivity contribution in [2.45, 2.75) is 12.7 Å². The number of carbonyl (C=O) groups is 1. The van der Waals surface area contributed by atoms with E-state index in [0.717, 1.165) is 0 Å². The van der Waals surface area contributed by atoms with E-state index in [-0.39, 0.29) is 32.7 Å². The minimum Gasteiger partial charge on any atom is -0.329 e. The molecule has 3 aromatic rings. The summed E-state index contributed by atoms with van der Waals surface area (Å²) in [5.41, 5.74) is 1.27. The Bertz CT molecular complexity index is 1350. The van der Waals surface area contributed by atoms with Crippen molar-refractivity contribution >= 4 is 51.0 Å². The first kappa shape index (κ1) is 23.6. The van der Waals surface area contributed by atoms with Crippen LogP contribution in [0.2, 0.25) is 10.0 Å². The first-order valence-electron chi connectivity index (χ1n) is 9.28. The summed E-state index contributed by atoms with van der Waals surface area (Å²) in [6.07, 6.45) is 0.444. The number of rotatable bonds is 8. The number of aromatic nitrogens is 1. The predicted molar refractivity (Wildman–Crippen MR) is 128 cm³/mol. The van der Waals surface area contributed by atoms with Gasteiger partial charge in [0.15, 0.2) is 0 Å². The van der Waals surface area contributed by atoms with E-state index in [1.54, 1.807) is 43.3 Å². The number of hydrogen-bond acceptors (Lipinski definition) is 4. The van der Waals surface area contributed by atoms with Gasteiger partial charge < -0.3 is 10.3 Å². The fourth-order valence-corrected chi connectivity index (χ4v) is 4.90. The number of H-pyrrole nitrogens is 1. The number of carbonyl (C=O) groups excluding carboxylic acids is 1. The van der Waals surface area contributed by atoms with E-state index in [9.17, 15) is 18.0 Å². The topological polar surface area (TPSA) is 108 Å². The Morgan fingerprint density at radius 3 is 2.47 bits per heavy atom. The van der Waals surface area contributed by atoms with Gasteiger partial charge in [-0.1, -0.05) is 60.1 Å². The van der Waals surface area contributed by atoms with Crippen LogP contribution in [0.1, 0.15) is 16.8 Å². The molecular formula is C22H19Cl2N3O4S. The molecule has 0 fully saturated rings. The summed E-state index contributed by atoms with van der Waals surface area (Å²) in [7, 11) is -3.93. The summed E-state index contributed by atoms with van der Waals surface area (Å²) in [4.78, 5) is 26.2. The molecule has 2 aromatic carbocycles. The van der Waals surface area contributed by atoms with Gasteiger partial charge in [-0.15, -0.1) is 0 Å². The minimum atomic E-state index is -3.93. The second kappa shape index (κ2) is 9.60. The Morgan fingerprint density at radius 2 is 1.81 bits per heavy atom. The fraction of sp³-hybridized carbons (Fsp3) is 0.0909. The lowest BCUT2D eigenvalue weighted by molar-refractivity contribution is -0.108. The standard InChI is InChI=1S/C22H19Cl2N3O4S/c1-13-8-19(18-10-16(23)9-17(20(18)24)14(2)25-12-28)21(22(29)26-13)27-32(30,31)11-15-6-4-3-5-7-15/h3-10,12,27H,2,11H2,1H3,(H,25,28)(H,26,29). The van der Waals surface area contributed by atoms with Crippen molar-refractivity contribution in [2.75, 3.05) is 4.72 Å². The van der Waals surface area contributed by atoms with Crippen LogP contribution in [-0.4, -0.2) is 19.8 Å². The molecule has 0 atom stereocenters. The van der Waals surface area contributed by atoms with Crippen LogP contribution in [0.4, 0.5) is 5.69 Å². The molecule has 166 valence electrons. The first-order chi connectivity index (χ1) is 15.1. The summed E-state index contributed by atoms with van der Waals surface area (Å²) >= 11 is 12.8. The lowest BCUT2D eigenvalue weighted by Crippen LogP contribution is -2.23. The van der Waals surface area contributed by atoms with Crippen LogP contribution in [0.5, 0.6) is 0 Å². The summed E-state index contributed by atoms with van der Waals surface area (Å²) in [6.45, 7) is 5.40. The van der Waals surface area contributed by atoms with Crippen molar-refractivity contribution in [1.29, 1.82) is 0 Å². The van der Waals surface area contributed by atoms with Crippen molar-refractivity contribution in [2.24, 2.45) is 0 Å². The van der Waals surface area contributed by atoms with E-state index < -0.39 is 15.6 Å². The van der Waals surface area contributed by atoms with Crippen LogP contribution in [0.25, 0.3) is 16.8 Å². The molecule has 1 aromatic heterocycles. The van der Waals surface area contributed by atoms with Gasteiger partial charge in [0.25, 0.3) is 5.56 Å². The summed E-state index contributed by atoms with van der Waals surface area (Å²) in [5, 5.41) is 2.81. The van der Waals surface area contributed by atoms with Crippen molar-refractivity contribution in [3.63, 3.8) is 0 Å². The van der Waals surface area contributed by atoms with Crippen molar-refractivity contribution in [3.05, 3.63) is 92.3 Å². The van der Waals surface area contributed by atoms with Crippen LogP contribution < -0.4 is 15.6 Å². The van der Waals surface area contributed by atoms with E-state index >= 15 is 0 Å². The molecule has 0 saturated carbocycles. The molecule has 0 aliphatic carbocycles. The lowest BCUT2D eigenvalue weighted by Gasteiger charge is -2.17. The number of pyridine rings is 1. The Kier molecular flexibility index (Phi) is 7.08. The summed E-state index contributed by atoms with van der Waals surface area (Å²) in [5.74, 6) is -0.324. The van der Waals surface area contributed by atoms with Gasteiger partial charge >= 0.3 is 0 Å². The zero-order chi connectivity index (χ0) is 23.5. The van der Waals surface area contributed by atoms with E-state index in [2.05, 4.69) is 21.6 Å². The molecule has 1 heterocycles. The molecule has 0 aliphatic rings. The third-order valence-electron chi connectivity index (χ3n) is 4.51. The maximum atomic E-state index is 12.8. The van der Waals surface area contributed by atoms with E-state index in [1.165, 1.54) is 12.1 Å². The third kappa shape index (κ3) is 5.40.